The number of nitrogens with one attached hydrogen (secondary N) is 1. The van der Waals surface area contributed by atoms with E-state index >= 15 is 0 Å². The summed E-state index contributed by atoms with van der Waals surface area (Å²) in [6.07, 6.45) is 1.50. The lowest BCUT2D eigenvalue weighted by Gasteiger charge is -2.18. The summed E-state index contributed by atoms with van der Waals surface area (Å²) < 4.78 is 4.91. The van der Waals surface area contributed by atoms with Crippen LogP contribution < -0.4 is 11.1 Å². The number of nitrogens with two attached hydrogens (primary N) is 1. The second kappa shape index (κ2) is 8.53. The van der Waals surface area contributed by atoms with E-state index in [1.54, 1.807) is 7.11 Å². The third-order valence-electron chi connectivity index (χ3n) is 2.94. The first-order valence-electron chi connectivity index (χ1n) is 6.01. The predicted octanol–water partition coefficient (Wildman–Crippen LogP) is 1.15. The van der Waals surface area contributed by atoms with E-state index in [1.807, 2.05) is 0 Å². The molecule has 0 saturated heterocycles. The summed E-state index contributed by atoms with van der Waals surface area (Å²) in [6, 6.07) is -0.408. The van der Waals surface area contributed by atoms with Crippen LogP contribution in [-0.2, 0) is 9.53 Å². The fraction of sp³-hybridized carbons (Fsp3) is 0.917. The van der Waals surface area contributed by atoms with Crippen LogP contribution in [0.3, 0.4) is 0 Å². The Kier molecular flexibility index (Phi) is 8.21. The zero-order valence-corrected chi connectivity index (χ0v) is 11.0. The molecule has 0 aliphatic carbocycles. The van der Waals surface area contributed by atoms with Gasteiger partial charge in [-0.25, -0.2) is 0 Å². The minimum atomic E-state index is -0.408. The molecule has 0 fully saturated rings. The summed E-state index contributed by atoms with van der Waals surface area (Å²) in [4.78, 5) is 11.6. The zero-order valence-electron chi connectivity index (χ0n) is 11.0. The van der Waals surface area contributed by atoms with E-state index in [4.69, 9.17) is 10.5 Å². The van der Waals surface area contributed by atoms with Gasteiger partial charge in [-0.15, -0.1) is 0 Å². The van der Waals surface area contributed by atoms with Gasteiger partial charge in [-0.3, -0.25) is 4.79 Å². The monoisotopic (exact) mass is 230 g/mol. The Morgan fingerprint density at radius 3 is 2.50 bits per heavy atom. The van der Waals surface area contributed by atoms with Crippen molar-refractivity contribution in [2.45, 2.75) is 39.7 Å². The molecule has 0 radical (unpaired) electrons. The number of rotatable bonds is 8. The van der Waals surface area contributed by atoms with E-state index < -0.39 is 6.04 Å². The Morgan fingerprint density at radius 2 is 2.00 bits per heavy atom. The van der Waals surface area contributed by atoms with Crippen LogP contribution in [0, 0.1) is 11.8 Å². The van der Waals surface area contributed by atoms with Gasteiger partial charge in [0.15, 0.2) is 0 Å². The van der Waals surface area contributed by atoms with Crippen molar-refractivity contribution >= 4 is 5.91 Å². The highest BCUT2D eigenvalue weighted by Crippen LogP contribution is 2.07. The maximum atomic E-state index is 11.6. The second-order valence-electron chi connectivity index (χ2n) is 4.71. The molecule has 0 aromatic carbocycles. The first-order valence-corrected chi connectivity index (χ1v) is 6.01. The number of amides is 1. The van der Waals surface area contributed by atoms with Crippen LogP contribution in [0.15, 0.2) is 0 Å². The molecule has 4 nitrogen and oxygen atoms in total. The lowest BCUT2D eigenvalue weighted by Crippen LogP contribution is -2.42. The van der Waals surface area contributed by atoms with Crippen LogP contribution in [0.1, 0.15) is 33.6 Å². The van der Waals surface area contributed by atoms with Crippen LogP contribution in [0.4, 0.5) is 0 Å². The zero-order chi connectivity index (χ0) is 12.6. The lowest BCUT2D eigenvalue weighted by molar-refractivity contribution is -0.122. The standard InChI is InChI=1S/C12H26N2O2/c1-9(2)10(3)8-14-12(15)11(13)6-5-7-16-4/h9-11H,5-8,13H2,1-4H3,(H,14,15). The lowest BCUT2D eigenvalue weighted by atomic mass is 9.98. The molecule has 0 aromatic rings. The van der Waals surface area contributed by atoms with E-state index in [1.165, 1.54) is 0 Å². The van der Waals surface area contributed by atoms with Crippen molar-refractivity contribution in [3.8, 4) is 0 Å². The van der Waals surface area contributed by atoms with Gasteiger partial charge < -0.3 is 15.8 Å². The summed E-state index contributed by atoms with van der Waals surface area (Å²) in [5.41, 5.74) is 5.75. The van der Waals surface area contributed by atoms with Crippen LogP contribution >= 0.6 is 0 Å². The molecule has 0 spiro atoms. The molecular formula is C12H26N2O2. The molecule has 0 aromatic heterocycles. The van der Waals surface area contributed by atoms with Crippen LogP contribution in [0.2, 0.25) is 0 Å². The molecule has 0 bridgehead atoms. The number of hydrogen-bond donors (Lipinski definition) is 2. The molecule has 4 heteroatoms. The van der Waals surface area contributed by atoms with E-state index in [0.717, 1.165) is 6.42 Å². The molecule has 0 heterocycles. The first-order chi connectivity index (χ1) is 7.49. The van der Waals surface area contributed by atoms with Crippen molar-refractivity contribution in [3.05, 3.63) is 0 Å². The van der Waals surface area contributed by atoms with E-state index in [9.17, 15) is 4.79 Å². The highest BCUT2D eigenvalue weighted by atomic mass is 16.5. The van der Waals surface area contributed by atoms with Crippen molar-refractivity contribution in [2.75, 3.05) is 20.3 Å². The van der Waals surface area contributed by atoms with E-state index in [0.29, 0.717) is 31.4 Å². The molecule has 0 saturated carbocycles. The number of carbonyl (C=O) groups excluding carboxylic acids is 1. The molecule has 96 valence electrons. The molecule has 0 rings (SSSR count). The summed E-state index contributed by atoms with van der Waals surface area (Å²) in [5.74, 6) is 1.00. The summed E-state index contributed by atoms with van der Waals surface area (Å²) in [7, 11) is 1.65. The predicted molar refractivity (Wildman–Crippen MR) is 66.1 cm³/mol. The quantitative estimate of drug-likeness (QED) is 0.615. The van der Waals surface area contributed by atoms with Gasteiger partial charge in [0.25, 0.3) is 0 Å². The van der Waals surface area contributed by atoms with Crippen molar-refractivity contribution in [2.24, 2.45) is 17.6 Å². The van der Waals surface area contributed by atoms with Crippen molar-refractivity contribution in [1.82, 2.24) is 5.32 Å². The Balaban J connectivity index is 3.70. The number of ether oxygens (including phenoxy) is 1. The van der Waals surface area contributed by atoms with Gasteiger partial charge in [0.05, 0.1) is 6.04 Å². The van der Waals surface area contributed by atoms with E-state index in [2.05, 4.69) is 26.1 Å². The molecule has 3 N–H and O–H groups in total. The smallest absolute Gasteiger partial charge is 0.236 e. The van der Waals surface area contributed by atoms with Crippen molar-refractivity contribution in [1.29, 1.82) is 0 Å². The van der Waals surface area contributed by atoms with Crippen molar-refractivity contribution in [3.63, 3.8) is 0 Å². The SMILES string of the molecule is COCCCC(N)C(=O)NCC(C)C(C)C. The fourth-order valence-corrected chi connectivity index (χ4v) is 1.21. The van der Waals surface area contributed by atoms with Crippen LogP contribution in [-0.4, -0.2) is 32.2 Å². The molecule has 0 aliphatic rings. The number of methoxy groups -OCH3 is 1. The van der Waals surface area contributed by atoms with Crippen molar-refractivity contribution < 1.29 is 9.53 Å². The minimum Gasteiger partial charge on any atom is -0.385 e. The molecule has 16 heavy (non-hydrogen) atoms. The Bertz CT molecular complexity index is 195. The Morgan fingerprint density at radius 1 is 1.38 bits per heavy atom. The highest BCUT2D eigenvalue weighted by molar-refractivity contribution is 5.81. The molecule has 2 atom stereocenters. The maximum absolute atomic E-state index is 11.6. The van der Waals surface area contributed by atoms with Gasteiger partial charge in [0.1, 0.15) is 0 Å². The van der Waals surface area contributed by atoms with Gasteiger partial charge in [-0.05, 0) is 24.7 Å². The fourth-order valence-electron chi connectivity index (χ4n) is 1.21. The molecular weight excluding hydrogens is 204 g/mol. The first kappa shape index (κ1) is 15.4. The van der Waals surface area contributed by atoms with Crippen LogP contribution in [0.25, 0.3) is 0 Å². The highest BCUT2D eigenvalue weighted by Gasteiger charge is 2.14. The molecule has 0 aliphatic heterocycles. The van der Waals surface area contributed by atoms with Gasteiger partial charge in [0.2, 0.25) is 5.91 Å². The Hall–Kier alpha value is -0.610. The van der Waals surface area contributed by atoms with Gasteiger partial charge in [-0.2, -0.15) is 0 Å². The summed E-state index contributed by atoms with van der Waals surface area (Å²) >= 11 is 0. The molecule has 2 unspecified atom stereocenters. The van der Waals surface area contributed by atoms with Crippen LogP contribution in [0.5, 0.6) is 0 Å². The maximum Gasteiger partial charge on any atom is 0.236 e. The average Bonchev–Trinajstić information content (AvgIpc) is 2.25. The second-order valence-corrected chi connectivity index (χ2v) is 4.71. The van der Waals surface area contributed by atoms with E-state index in [-0.39, 0.29) is 5.91 Å². The Labute approximate surface area is 98.9 Å². The van der Waals surface area contributed by atoms with Gasteiger partial charge in [-0.1, -0.05) is 20.8 Å². The van der Waals surface area contributed by atoms with Gasteiger partial charge >= 0.3 is 0 Å². The summed E-state index contributed by atoms with van der Waals surface area (Å²) in [6.45, 7) is 7.78. The molecule has 1 amide bonds. The van der Waals surface area contributed by atoms with Gasteiger partial charge in [0, 0.05) is 20.3 Å². The third kappa shape index (κ3) is 6.80. The number of carbonyl (C=O) groups is 1. The topological polar surface area (TPSA) is 64.3 Å². The minimum absolute atomic E-state index is 0.0522. The average molecular weight is 230 g/mol. The largest absolute Gasteiger partial charge is 0.385 e. The normalized spacial score (nSPS) is 14.9. The number of hydrogen-bond acceptors (Lipinski definition) is 3. The summed E-state index contributed by atoms with van der Waals surface area (Å²) in [5, 5.41) is 2.89. The third-order valence-corrected chi connectivity index (χ3v) is 2.94.